The first kappa shape index (κ1) is 16.0. The highest BCUT2D eigenvalue weighted by Gasteiger charge is 2.28. The van der Waals surface area contributed by atoms with E-state index in [4.69, 9.17) is 4.74 Å². The molecule has 110 valence electrons. The van der Waals surface area contributed by atoms with E-state index in [0.29, 0.717) is 12.5 Å². The van der Waals surface area contributed by atoms with Crippen molar-refractivity contribution in [1.29, 1.82) is 0 Å². The van der Waals surface area contributed by atoms with Crippen LogP contribution in [-0.4, -0.2) is 49.6 Å². The zero-order chi connectivity index (χ0) is 14.4. The fourth-order valence-electron chi connectivity index (χ4n) is 2.38. The molecule has 0 bridgehead atoms. The molecule has 5 heteroatoms. The molecule has 0 spiro atoms. The predicted octanol–water partition coefficient (Wildman–Crippen LogP) is 1.03. The first-order valence-corrected chi connectivity index (χ1v) is 7.05. The number of piperidine rings is 1. The molecule has 5 nitrogen and oxygen atoms in total. The molecule has 1 aliphatic heterocycles. The van der Waals surface area contributed by atoms with Gasteiger partial charge in [-0.25, -0.2) is 0 Å². The van der Waals surface area contributed by atoms with E-state index >= 15 is 0 Å². The Bertz CT molecular complexity index is 318. The standard InChI is InChI=1S/C14H26N2O3/c1-10(2)13(17)15-8-12-6-5-7-16(9-12)11(3)14(18)19-4/h10-12H,5-9H2,1-4H3,(H,15,17)/t11-,12-/m0/s1. The molecule has 1 N–H and O–H groups in total. The number of nitrogens with zero attached hydrogens (tertiary/aromatic N) is 1. The van der Waals surface area contributed by atoms with Crippen molar-refractivity contribution in [3.63, 3.8) is 0 Å². The number of rotatable bonds is 5. The van der Waals surface area contributed by atoms with Crippen molar-refractivity contribution in [3.05, 3.63) is 0 Å². The van der Waals surface area contributed by atoms with Gasteiger partial charge in [0.2, 0.25) is 5.91 Å². The third-order valence-electron chi connectivity index (χ3n) is 3.73. The molecule has 1 fully saturated rings. The Morgan fingerprint density at radius 3 is 2.63 bits per heavy atom. The number of esters is 1. The Hall–Kier alpha value is -1.10. The number of carbonyl (C=O) groups excluding carboxylic acids is 2. The molecule has 0 aromatic rings. The Morgan fingerprint density at radius 2 is 2.05 bits per heavy atom. The first-order valence-electron chi connectivity index (χ1n) is 7.05. The summed E-state index contributed by atoms with van der Waals surface area (Å²) in [5.74, 6) is 0.349. The lowest BCUT2D eigenvalue weighted by molar-refractivity contribution is -0.147. The molecule has 0 aromatic carbocycles. The topological polar surface area (TPSA) is 58.6 Å². The van der Waals surface area contributed by atoms with E-state index in [-0.39, 0.29) is 23.8 Å². The second kappa shape index (κ2) is 7.48. The summed E-state index contributed by atoms with van der Waals surface area (Å²) in [5, 5.41) is 2.97. The van der Waals surface area contributed by atoms with Crippen LogP contribution in [0.2, 0.25) is 0 Å². The lowest BCUT2D eigenvalue weighted by Gasteiger charge is -2.35. The van der Waals surface area contributed by atoms with Crippen LogP contribution in [0, 0.1) is 11.8 Å². The monoisotopic (exact) mass is 270 g/mol. The van der Waals surface area contributed by atoms with Gasteiger partial charge in [-0.3, -0.25) is 14.5 Å². The summed E-state index contributed by atoms with van der Waals surface area (Å²) in [7, 11) is 1.42. The van der Waals surface area contributed by atoms with Gasteiger partial charge in [0.15, 0.2) is 0 Å². The molecule has 19 heavy (non-hydrogen) atoms. The second-order valence-electron chi connectivity index (χ2n) is 5.60. The highest BCUT2D eigenvalue weighted by atomic mass is 16.5. The number of carbonyl (C=O) groups is 2. The molecule has 1 rings (SSSR count). The Kier molecular flexibility index (Phi) is 6.28. The summed E-state index contributed by atoms with van der Waals surface area (Å²) in [6, 6.07) is -0.200. The molecule has 2 atom stereocenters. The molecular formula is C14H26N2O3. The molecule has 0 unspecified atom stereocenters. The summed E-state index contributed by atoms with van der Waals surface area (Å²) in [6.45, 7) is 8.12. The zero-order valence-corrected chi connectivity index (χ0v) is 12.4. The van der Waals surface area contributed by atoms with E-state index in [1.165, 1.54) is 7.11 Å². The van der Waals surface area contributed by atoms with Crippen LogP contribution < -0.4 is 5.32 Å². The number of ether oxygens (including phenoxy) is 1. The van der Waals surface area contributed by atoms with Gasteiger partial charge >= 0.3 is 5.97 Å². The van der Waals surface area contributed by atoms with Gasteiger partial charge in [-0.2, -0.15) is 0 Å². The maximum absolute atomic E-state index is 11.6. The number of nitrogens with one attached hydrogen (secondary N) is 1. The van der Waals surface area contributed by atoms with Gasteiger partial charge in [0.25, 0.3) is 0 Å². The summed E-state index contributed by atoms with van der Waals surface area (Å²) < 4.78 is 4.78. The average molecular weight is 270 g/mol. The van der Waals surface area contributed by atoms with Crippen molar-refractivity contribution in [1.82, 2.24) is 10.2 Å². The van der Waals surface area contributed by atoms with E-state index in [9.17, 15) is 9.59 Å². The van der Waals surface area contributed by atoms with Crippen LogP contribution in [0.25, 0.3) is 0 Å². The van der Waals surface area contributed by atoms with Crippen molar-refractivity contribution < 1.29 is 14.3 Å². The highest BCUT2D eigenvalue weighted by Crippen LogP contribution is 2.18. The molecule has 1 heterocycles. The third kappa shape index (κ3) is 4.82. The Balaban J connectivity index is 2.42. The molecule has 1 amide bonds. The summed E-state index contributed by atoms with van der Waals surface area (Å²) in [6.07, 6.45) is 2.16. The summed E-state index contributed by atoms with van der Waals surface area (Å²) >= 11 is 0. The third-order valence-corrected chi connectivity index (χ3v) is 3.73. The number of hydrogen-bond donors (Lipinski definition) is 1. The smallest absolute Gasteiger partial charge is 0.322 e. The van der Waals surface area contributed by atoms with E-state index in [2.05, 4.69) is 10.2 Å². The maximum atomic E-state index is 11.6. The van der Waals surface area contributed by atoms with Gasteiger partial charge in [0, 0.05) is 19.0 Å². The van der Waals surface area contributed by atoms with E-state index in [1.54, 1.807) is 0 Å². The van der Waals surface area contributed by atoms with Gasteiger partial charge in [0.1, 0.15) is 6.04 Å². The molecule has 1 saturated heterocycles. The zero-order valence-electron chi connectivity index (χ0n) is 12.4. The van der Waals surface area contributed by atoms with Crippen molar-refractivity contribution in [2.24, 2.45) is 11.8 Å². The summed E-state index contributed by atoms with van der Waals surface area (Å²) in [4.78, 5) is 25.2. The van der Waals surface area contributed by atoms with Crippen LogP contribution in [0.4, 0.5) is 0 Å². The van der Waals surface area contributed by atoms with Crippen LogP contribution >= 0.6 is 0 Å². The molecular weight excluding hydrogens is 244 g/mol. The van der Waals surface area contributed by atoms with Crippen LogP contribution in [0.1, 0.15) is 33.6 Å². The van der Waals surface area contributed by atoms with Gasteiger partial charge < -0.3 is 10.1 Å². The van der Waals surface area contributed by atoms with Crippen molar-refractivity contribution in [2.45, 2.75) is 39.7 Å². The number of hydrogen-bond acceptors (Lipinski definition) is 4. The normalized spacial score (nSPS) is 22.1. The molecule has 0 saturated carbocycles. The molecule has 0 aliphatic carbocycles. The summed E-state index contributed by atoms with van der Waals surface area (Å²) in [5.41, 5.74) is 0. The minimum atomic E-state index is -0.200. The van der Waals surface area contributed by atoms with Crippen molar-refractivity contribution in [2.75, 3.05) is 26.7 Å². The van der Waals surface area contributed by atoms with Crippen molar-refractivity contribution >= 4 is 11.9 Å². The predicted molar refractivity (Wildman–Crippen MR) is 73.6 cm³/mol. The fourth-order valence-corrected chi connectivity index (χ4v) is 2.38. The molecule has 0 aromatic heterocycles. The number of amides is 1. The lowest BCUT2D eigenvalue weighted by atomic mass is 9.96. The minimum absolute atomic E-state index is 0.0219. The lowest BCUT2D eigenvalue weighted by Crippen LogP contribution is -2.48. The van der Waals surface area contributed by atoms with Crippen molar-refractivity contribution in [3.8, 4) is 0 Å². The average Bonchev–Trinajstić information content (AvgIpc) is 2.43. The van der Waals surface area contributed by atoms with E-state index in [1.807, 2.05) is 20.8 Å². The first-order chi connectivity index (χ1) is 8.95. The molecule has 1 aliphatic rings. The Morgan fingerprint density at radius 1 is 1.37 bits per heavy atom. The van der Waals surface area contributed by atoms with Gasteiger partial charge in [-0.1, -0.05) is 13.8 Å². The number of likely N-dealkylation sites (tertiary alicyclic amines) is 1. The minimum Gasteiger partial charge on any atom is -0.468 e. The Labute approximate surface area is 115 Å². The fraction of sp³-hybridized carbons (Fsp3) is 0.857. The van der Waals surface area contributed by atoms with Gasteiger partial charge in [-0.15, -0.1) is 0 Å². The van der Waals surface area contributed by atoms with Crippen LogP contribution in [0.15, 0.2) is 0 Å². The van der Waals surface area contributed by atoms with Gasteiger partial charge in [0.05, 0.1) is 7.11 Å². The quantitative estimate of drug-likeness (QED) is 0.758. The largest absolute Gasteiger partial charge is 0.468 e. The maximum Gasteiger partial charge on any atom is 0.322 e. The van der Waals surface area contributed by atoms with E-state index < -0.39 is 0 Å². The number of methoxy groups -OCH3 is 1. The van der Waals surface area contributed by atoms with Gasteiger partial charge in [-0.05, 0) is 32.2 Å². The van der Waals surface area contributed by atoms with Crippen LogP contribution in [-0.2, 0) is 14.3 Å². The van der Waals surface area contributed by atoms with Crippen LogP contribution in [0.3, 0.4) is 0 Å². The van der Waals surface area contributed by atoms with E-state index in [0.717, 1.165) is 25.9 Å². The highest BCUT2D eigenvalue weighted by molar-refractivity contribution is 5.77. The second-order valence-corrected chi connectivity index (χ2v) is 5.60. The SMILES string of the molecule is COC(=O)[C@H](C)N1CCC[C@@H](CNC(=O)C(C)C)C1. The van der Waals surface area contributed by atoms with Crippen LogP contribution in [0.5, 0.6) is 0 Å². The molecule has 0 radical (unpaired) electrons.